The van der Waals surface area contributed by atoms with Gasteiger partial charge in [0.25, 0.3) is 0 Å². The zero-order chi connectivity index (χ0) is 17.4. The highest BCUT2D eigenvalue weighted by Crippen LogP contribution is 2.36. The predicted molar refractivity (Wildman–Crippen MR) is 97.8 cm³/mol. The molecule has 2 aromatic rings. The fourth-order valence-electron chi connectivity index (χ4n) is 4.25. The zero-order valence-electron chi connectivity index (χ0n) is 13.8. The number of fused-ring (bicyclic) bond motifs is 2. The highest BCUT2D eigenvalue weighted by atomic mass is 32.1. The maximum atomic E-state index is 13.8. The van der Waals surface area contributed by atoms with Gasteiger partial charge in [0.2, 0.25) is 0 Å². The molecule has 2 bridgehead atoms. The van der Waals surface area contributed by atoms with Gasteiger partial charge < -0.3 is 10.4 Å². The molecule has 0 radical (unpaired) electrons. The summed E-state index contributed by atoms with van der Waals surface area (Å²) < 4.78 is 13.8. The molecule has 0 aliphatic carbocycles. The topological polar surface area (TPSA) is 52.6 Å². The third-order valence-corrected chi connectivity index (χ3v) is 6.01. The fourth-order valence-corrected chi connectivity index (χ4v) is 4.91. The van der Waals surface area contributed by atoms with Crippen LogP contribution in [0.4, 0.5) is 14.9 Å². The summed E-state index contributed by atoms with van der Waals surface area (Å²) in [5.74, 6) is -0.00886. The largest absolute Gasteiger partial charge is 0.465 e. The normalized spacial score (nSPS) is 25.1. The number of hydrogen-bond donors (Lipinski definition) is 2. The first-order valence-electron chi connectivity index (χ1n) is 8.69. The number of benzene rings is 1. The number of amides is 1. The van der Waals surface area contributed by atoms with Gasteiger partial charge in [-0.25, -0.2) is 9.18 Å². The molecule has 2 saturated heterocycles. The van der Waals surface area contributed by atoms with Gasteiger partial charge in [0.1, 0.15) is 5.82 Å². The van der Waals surface area contributed by atoms with Crippen molar-refractivity contribution >= 4 is 23.1 Å². The van der Waals surface area contributed by atoms with E-state index in [9.17, 15) is 14.3 Å². The maximum absolute atomic E-state index is 13.8. The summed E-state index contributed by atoms with van der Waals surface area (Å²) in [5, 5.41) is 17.2. The van der Waals surface area contributed by atoms with Gasteiger partial charge in [-0.05, 0) is 72.2 Å². The quantitative estimate of drug-likeness (QED) is 0.840. The van der Waals surface area contributed by atoms with Crippen LogP contribution in [0.25, 0.3) is 11.1 Å². The molecule has 3 heterocycles. The summed E-state index contributed by atoms with van der Waals surface area (Å²) in [4.78, 5) is 13.4. The van der Waals surface area contributed by atoms with Crippen LogP contribution in [0.2, 0.25) is 0 Å². The second-order valence-electron chi connectivity index (χ2n) is 7.04. The smallest absolute Gasteiger partial charge is 0.411 e. The summed E-state index contributed by atoms with van der Waals surface area (Å²) in [6.07, 6.45) is 3.41. The molecule has 2 aliphatic rings. The van der Waals surface area contributed by atoms with E-state index >= 15 is 0 Å². The maximum Gasteiger partial charge on any atom is 0.411 e. The van der Waals surface area contributed by atoms with E-state index in [0.29, 0.717) is 35.8 Å². The SMILES string of the molecule is O=C(O)N(C[C@H]1C[C@H]2CC[C@@H](C1)N2)c1ccc(F)cc1-c1ccsc1. The van der Waals surface area contributed by atoms with E-state index in [0.717, 1.165) is 18.4 Å². The van der Waals surface area contributed by atoms with Gasteiger partial charge in [-0.3, -0.25) is 4.90 Å². The van der Waals surface area contributed by atoms with Crippen molar-refractivity contribution in [2.45, 2.75) is 37.8 Å². The van der Waals surface area contributed by atoms with Crippen LogP contribution in [0.15, 0.2) is 35.0 Å². The fraction of sp³-hybridized carbons (Fsp3) is 0.421. The molecule has 4 rings (SSSR count). The van der Waals surface area contributed by atoms with Crippen molar-refractivity contribution in [3.63, 3.8) is 0 Å². The highest BCUT2D eigenvalue weighted by Gasteiger charge is 2.35. The lowest BCUT2D eigenvalue weighted by molar-refractivity contribution is 0.198. The van der Waals surface area contributed by atoms with Crippen molar-refractivity contribution in [3.05, 3.63) is 40.8 Å². The average molecular weight is 360 g/mol. The summed E-state index contributed by atoms with van der Waals surface area (Å²) >= 11 is 1.52. The minimum Gasteiger partial charge on any atom is -0.465 e. The number of anilines is 1. The molecular weight excluding hydrogens is 339 g/mol. The van der Waals surface area contributed by atoms with Gasteiger partial charge >= 0.3 is 6.09 Å². The molecule has 2 N–H and O–H groups in total. The number of rotatable bonds is 4. The number of nitrogens with one attached hydrogen (secondary N) is 1. The Hall–Kier alpha value is -1.92. The standard InChI is InChI=1S/C19H21FN2O2S/c20-14-1-4-18(17(9-14)13-5-6-25-11-13)22(19(23)24)10-12-7-15-2-3-16(8-12)21-15/h1,4-6,9,11-12,15-16,21H,2-3,7-8,10H2,(H,23,24)/t12-,15+,16-. The molecule has 3 atom stereocenters. The lowest BCUT2D eigenvalue weighted by Gasteiger charge is -2.33. The Morgan fingerprint density at radius 2 is 2.04 bits per heavy atom. The van der Waals surface area contributed by atoms with Crippen LogP contribution in [0.5, 0.6) is 0 Å². The van der Waals surface area contributed by atoms with Crippen LogP contribution < -0.4 is 10.2 Å². The molecule has 25 heavy (non-hydrogen) atoms. The first kappa shape index (κ1) is 16.5. The van der Waals surface area contributed by atoms with Gasteiger partial charge in [0.05, 0.1) is 5.69 Å². The zero-order valence-corrected chi connectivity index (χ0v) is 14.6. The van der Waals surface area contributed by atoms with Crippen molar-refractivity contribution in [3.8, 4) is 11.1 Å². The average Bonchev–Trinajstić information content (AvgIpc) is 3.23. The summed E-state index contributed by atoms with van der Waals surface area (Å²) in [6, 6.07) is 7.29. The molecule has 1 aromatic carbocycles. The van der Waals surface area contributed by atoms with Gasteiger partial charge in [0.15, 0.2) is 0 Å². The van der Waals surface area contributed by atoms with Crippen LogP contribution >= 0.6 is 11.3 Å². The number of carbonyl (C=O) groups is 1. The molecule has 2 fully saturated rings. The van der Waals surface area contributed by atoms with Gasteiger partial charge in [0, 0.05) is 24.2 Å². The minimum atomic E-state index is -0.978. The van der Waals surface area contributed by atoms with Crippen molar-refractivity contribution in [2.75, 3.05) is 11.4 Å². The van der Waals surface area contributed by atoms with Crippen LogP contribution in [0.3, 0.4) is 0 Å². The van der Waals surface area contributed by atoms with E-state index in [2.05, 4.69) is 5.32 Å². The molecule has 1 aromatic heterocycles. The molecule has 2 aliphatic heterocycles. The van der Waals surface area contributed by atoms with Crippen molar-refractivity contribution < 1.29 is 14.3 Å². The number of halogens is 1. The third kappa shape index (κ3) is 3.41. The molecule has 6 heteroatoms. The Morgan fingerprint density at radius 1 is 1.28 bits per heavy atom. The monoisotopic (exact) mass is 360 g/mol. The molecule has 0 saturated carbocycles. The Bertz CT molecular complexity index is 753. The predicted octanol–water partition coefficient (Wildman–Crippen LogP) is 4.57. The first-order chi connectivity index (χ1) is 12.1. The Balaban J connectivity index is 1.64. The van der Waals surface area contributed by atoms with Gasteiger partial charge in [-0.2, -0.15) is 11.3 Å². The van der Waals surface area contributed by atoms with Gasteiger partial charge in [-0.1, -0.05) is 0 Å². The molecule has 0 spiro atoms. The number of carboxylic acid groups (broad SMARTS) is 1. The van der Waals surface area contributed by atoms with Crippen molar-refractivity contribution in [2.24, 2.45) is 5.92 Å². The number of nitrogens with zero attached hydrogens (tertiary/aromatic N) is 1. The molecule has 1 amide bonds. The van der Waals surface area contributed by atoms with E-state index in [1.165, 1.54) is 41.2 Å². The second kappa shape index (κ2) is 6.77. The number of hydrogen-bond acceptors (Lipinski definition) is 3. The van der Waals surface area contributed by atoms with Crippen LogP contribution in [-0.2, 0) is 0 Å². The summed E-state index contributed by atoms with van der Waals surface area (Å²) in [7, 11) is 0. The minimum absolute atomic E-state index is 0.343. The van der Waals surface area contributed by atoms with E-state index in [-0.39, 0.29) is 5.82 Å². The lowest BCUT2D eigenvalue weighted by Crippen LogP contribution is -2.43. The number of thiophene rings is 1. The molecule has 4 nitrogen and oxygen atoms in total. The molecule has 132 valence electrons. The molecular formula is C19H21FN2O2S. The van der Waals surface area contributed by atoms with Gasteiger partial charge in [-0.15, -0.1) is 0 Å². The van der Waals surface area contributed by atoms with Crippen LogP contribution in [0, 0.1) is 11.7 Å². The Morgan fingerprint density at radius 3 is 2.68 bits per heavy atom. The first-order valence-corrected chi connectivity index (χ1v) is 9.63. The van der Waals surface area contributed by atoms with Crippen LogP contribution in [-0.4, -0.2) is 29.8 Å². The third-order valence-electron chi connectivity index (χ3n) is 5.32. The summed E-state index contributed by atoms with van der Waals surface area (Å²) in [5.41, 5.74) is 2.06. The van der Waals surface area contributed by atoms with E-state index in [4.69, 9.17) is 0 Å². The lowest BCUT2D eigenvalue weighted by atomic mass is 9.91. The van der Waals surface area contributed by atoms with E-state index < -0.39 is 6.09 Å². The Kier molecular flexibility index (Phi) is 4.48. The van der Waals surface area contributed by atoms with E-state index in [1.54, 1.807) is 6.07 Å². The van der Waals surface area contributed by atoms with E-state index in [1.807, 2.05) is 16.8 Å². The highest BCUT2D eigenvalue weighted by molar-refractivity contribution is 7.08. The molecule has 0 unspecified atom stereocenters. The van der Waals surface area contributed by atoms with Crippen molar-refractivity contribution in [1.82, 2.24) is 5.32 Å². The van der Waals surface area contributed by atoms with Crippen LogP contribution in [0.1, 0.15) is 25.7 Å². The number of piperidine rings is 1. The second-order valence-corrected chi connectivity index (χ2v) is 7.82. The summed E-state index contributed by atoms with van der Waals surface area (Å²) in [6.45, 7) is 0.465. The van der Waals surface area contributed by atoms with Crippen molar-refractivity contribution in [1.29, 1.82) is 0 Å². The Labute approximate surface area is 150 Å².